The SMILES string of the molecule is COCCN(CCBr)C(=O)c1ccccc1Cl. The molecule has 1 amide bonds. The third kappa shape index (κ3) is 4.30. The molecule has 0 atom stereocenters. The van der Waals surface area contributed by atoms with Gasteiger partial charge in [-0.05, 0) is 12.1 Å². The van der Waals surface area contributed by atoms with E-state index < -0.39 is 0 Å². The zero-order valence-electron chi connectivity index (χ0n) is 9.66. The maximum absolute atomic E-state index is 12.2. The van der Waals surface area contributed by atoms with Gasteiger partial charge in [0.2, 0.25) is 0 Å². The lowest BCUT2D eigenvalue weighted by molar-refractivity contribution is 0.0709. The second kappa shape index (κ2) is 7.69. The van der Waals surface area contributed by atoms with Crippen LogP contribution in [0.4, 0.5) is 0 Å². The van der Waals surface area contributed by atoms with Gasteiger partial charge in [-0.25, -0.2) is 0 Å². The first-order chi connectivity index (χ1) is 8.20. The Kier molecular flexibility index (Phi) is 6.55. The number of benzene rings is 1. The molecule has 1 aromatic carbocycles. The number of nitrogens with zero attached hydrogens (tertiary/aromatic N) is 1. The molecule has 17 heavy (non-hydrogen) atoms. The number of methoxy groups -OCH3 is 1. The molecule has 0 fully saturated rings. The number of amides is 1. The minimum absolute atomic E-state index is 0.0629. The summed E-state index contributed by atoms with van der Waals surface area (Å²) in [5, 5.41) is 1.21. The first kappa shape index (κ1) is 14.5. The highest BCUT2D eigenvalue weighted by Crippen LogP contribution is 2.17. The first-order valence-electron chi connectivity index (χ1n) is 5.29. The van der Waals surface area contributed by atoms with Crippen molar-refractivity contribution in [2.24, 2.45) is 0 Å². The topological polar surface area (TPSA) is 29.5 Å². The van der Waals surface area contributed by atoms with Gasteiger partial charge < -0.3 is 9.64 Å². The molecule has 0 aliphatic heterocycles. The van der Waals surface area contributed by atoms with Gasteiger partial charge in [0.05, 0.1) is 17.2 Å². The third-order valence-corrected chi connectivity index (χ3v) is 3.00. The molecular formula is C12H15BrClNO2. The van der Waals surface area contributed by atoms with Gasteiger partial charge in [-0.2, -0.15) is 0 Å². The molecule has 94 valence electrons. The van der Waals surface area contributed by atoms with Crippen molar-refractivity contribution in [1.29, 1.82) is 0 Å². The molecule has 0 radical (unpaired) electrons. The molecule has 0 spiro atoms. The quantitative estimate of drug-likeness (QED) is 0.754. The number of hydrogen-bond acceptors (Lipinski definition) is 2. The Morgan fingerprint density at radius 2 is 2.12 bits per heavy atom. The van der Waals surface area contributed by atoms with Gasteiger partial charge >= 0.3 is 0 Å². The zero-order valence-corrected chi connectivity index (χ0v) is 12.0. The second-order valence-corrected chi connectivity index (χ2v) is 4.65. The number of hydrogen-bond donors (Lipinski definition) is 0. The van der Waals surface area contributed by atoms with Crippen LogP contribution in [0.5, 0.6) is 0 Å². The summed E-state index contributed by atoms with van der Waals surface area (Å²) in [6.45, 7) is 1.71. The van der Waals surface area contributed by atoms with Crippen LogP contribution in [0.25, 0.3) is 0 Å². The fourth-order valence-electron chi connectivity index (χ4n) is 1.42. The minimum Gasteiger partial charge on any atom is -0.383 e. The summed E-state index contributed by atoms with van der Waals surface area (Å²) in [6, 6.07) is 7.07. The van der Waals surface area contributed by atoms with Gasteiger partial charge in [0.1, 0.15) is 0 Å². The predicted octanol–water partition coefficient (Wildman–Crippen LogP) is 2.82. The summed E-state index contributed by atoms with van der Waals surface area (Å²) in [7, 11) is 1.62. The van der Waals surface area contributed by atoms with Gasteiger partial charge in [0.25, 0.3) is 5.91 Å². The van der Waals surface area contributed by atoms with Crippen LogP contribution in [0, 0.1) is 0 Å². The molecule has 1 rings (SSSR count). The van der Waals surface area contributed by atoms with Crippen molar-refractivity contribution in [1.82, 2.24) is 4.90 Å². The number of carbonyl (C=O) groups is 1. The molecule has 0 N–H and O–H groups in total. The van der Waals surface area contributed by atoms with E-state index in [4.69, 9.17) is 16.3 Å². The van der Waals surface area contributed by atoms with Crippen molar-refractivity contribution < 1.29 is 9.53 Å². The van der Waals surface area contributed by atoms with Crippen LogP contribution < -0.4 is 0 Å². The second-order valence-electron chi connectivity index (χ2n) is 3.45. The van der Waals surface area contributed by atoms with Crippen molar-refractivity contribution >= 4 is 33.4 Å². The number of alkyl halides is 1. The number of ether oxygens (including phenoxy) is 1. The highest BCUT2D eigenvalue weighted by Gasteiger charge is 2.17. The Balaban J connectivity index is 2.80. The van der Waals surface area contributed by atoms with Crippen LogP contribution in [0.15, 0.2) is 24.3 Å². The molecule has 0 aliphatic carbocycles. The smallest absolute Gasteiger partial charge is 0.255 e. The number of carbonyl (C=O) groups excluding carboxylic acids is 1. The van der Waals surface area contributed by atoms with E-state index in [1.165, 1.54) is 0 Å². The van der Waals surface area contributed by atoms with Crippen molar-refractivity contribution in [3.05, 3.63) is 34.9 Å². The normalized spacial score (nSPS) is 10.3. The Morgan fingerprint density at radius 1 is 1.41 bits per heavy atom. The molecule has 0 aliphatic rings. The summed E-state index contributed by atoms with van der Waals surface area (Å²) < 4.78 is 4.99. The van der Waals surface area contributed by atoms with Crippen LogP contribution in [0.3, 0.4) is 0 Å². The van der Waals surface area contributed by atoms with E-state index in [1.54, 1.807) is 24.1 Å². The van der Waals surface area contributed by atoms with E-state index in [2.05, 4.69) is 15.9 Å². The van der Waals surface area contributed by atoms with Crippen LogP contribution in [-0.4, -0.2) is 42.9 Å². The van der Waals surface area contributed by atoms with Crippen LogP contribution in [0.2, 0.25) is 5.02 Å². The molecular weight excluding hydrogens is 305 g/mol. The fourth-order valence-corrected chi connectivity index (χ4v) is 2.07. The Morgan fingerprint density at radius 3 is 2.71 bits per heavy atom. The molecule has 3 nitrogen and oxygen atoms in total. The lowest BCUT2D eigenvalue weighted by Gasteiger charge is -2.21. The summed E-state index contributed by atoms with van der Waals surface area (Å²) in [5.74, 6) is -0.0629. The van der Waals surface area contributed by atoms with Crippen molar-refractivity contribution in [3.63, 3.8) is 0 Å². The summed E-state index contributed by atoms with van der Waals surface area (Å²) in [4.78, 5) is 13.9. The Bertz CT molecular complexity index is 373. The maximum Gasteiger partial charge on any atom is 0.255 e. The average molecular weight is 321 g/mol. The monoisotopic (exact) mass is 319 g/mol. The largest absolute Gasteiger partial charge is 0.383 e. The first-order valence-corrected chi connectivity index (χ1v) is 6.79. The molecule has 0 saturated carbocycles. The molecule has 0 unspecified atom stereocenters. The summed E-state index contributed by atoms with van der Waals surface area (Å²) in [6.07, 6.45) is 0. The average Bonchev–Trinajstić information content (AvgIpc) is 2.34. The molecule has 0 heterocycles. The molecule has 5 heteroatoms. The fraction of sp³-hybridized carbons (Fsp3) is 0.417. The standard InChI is InChI=1S/C12H15BrClNO2/c1-17-9-8-15(7-6-13)12(16)10-4-2-3-5-11(10)14/h2-5H,6-9H2,1H3. The van der Waals surface area contributed by atoms with Gasteiger partial charge in [0, 0.05) is 25.5 Å². The van der Waals surface area contributed by atoms with Gasteiger partial charge in [0.15, 0.2) is 0 Å². The van der Waals surface area contributed by atoms with E-state index >= 15 is 0 Å². The van der Waals surface area contributed by atoms with Crippen molar-refractivity contribution in [3.8, 4) is 0 Å². The van der Waals surface area contributed by atoms with E-state index in [1.807, 2.05) is 12.1 Å². The van der Waals surface area contributed by atoms with Gasteiger partial charge in [-0.3, -0.25) is 4.79 Å². The van der Waals surface area contributed by atoms with Crippen LogP contribution in [0.1, 0.15) is 10.4 Å². The van der Waals surface area contributed by atoms with E-state index in [0.29, 0.717) is 30.3 Å². The van der Waals surface area contributed by atoms with E-state index in [9.17, 15) is 4.79 Å². The zero-order chi connectivity index (χ0) is 12.7. The van der Waals surface area contributed by atoms with Crippen molar-refractivity contribution in [2.75, 3.05) is 32.1 Å². The molecule has 0 aromatic heterocycles. The number of rotatable bonds is 6. The van der Waals surface area contributed by atoms with Crippen LogP contribution in [-0.2, 0) is 4.74 Å². The lowest BCUT2D eigenvalue weighted by atomic mass is 10.2. The molecule has 0 bridgehead atoms. The summed E-state index contributed by atoms with van der Waals surface area (Å²) >= 11 is 9.34. The van der Waals surface area contributed by atoms with Gasteiger partial charge in [-0.15, -0.1) is 0 Å². The predicted molar refractivity (Wildman–Crippen MR) is 73.0 cm³/mol. The highest BCUT2D eigenvalue weighted by atomic mass is 79.9. The lowest BCUT2D eigenvalue weighted by Crippen LogP contribution is -2.35. The van der Waals surface area contributed by atoms with Crippen LogP contribution >= 0.6 is 27.5 Å². The Labute approximate surface area is 115 Å². The van der Waals surface area contributed by atoms with E-state index in [0.717, 1.165) is 5.33 Å². The molecule has 0 saturated heterocycles. The number of halogens is 2. The maximum atomic E-state index is 12.2. The Hall–Kier alpha value is -0.580. The highest BCUT2D eigenvalue weighted by molar-refractivity contribution is 9.09. The van der Waals surface area contributed by atoms with Gasteiger partial charge in [-0.1, -0.05) is 39.7 Å². The third-order valence-electron chi connectivity index (χ3n) is 2.31. The summed E-state index contributed by atoms with van der Waals surface area (Å²) in [5.41, 5.74) is 0.534. The van der Waals surface area contributed by atoms with Crippen molar-refractivity contribution in [2.45, 2.75) is 0 Å². The minimum atomic E-state index is -0.0629. The molecule has 1 aromatic rings. The van der Waals surface area contributed by atoms with E-state index in [-0.39, 0.29) is 5.91 Å².